The third kappa shape index (κ3) is 1.57. The quantitative estimate of drug-likeness (QED) is 0.709. The predicted octanol–water partition coefficient (Wildman–Crippen LogP) is 3.38. The van der Waals surface area contributed by atoms with E-state index in [4.69, 9.17) is 0 Å². The van der Waals surface area contributed by atoms with Gasteiger partial charge in [-0.25, -0.2) is 4.39 Å². The molecule has 0 radical (unpaired) electrons. The molecule has 0 saturated carbocycles. The normalized spacial score (nSPS) is 11.1. The SMILES string of the molecule is Cc1c(F)ccc(-c2cnc3cn[nH]c3c2)c1C. The average molecular weight is 241 g/mol. The van der Waals surface area contributed by atoms with E-state index in [9.17, 15) is 4.39 Å². The molecule has 0 spiro atoms. The lowest BCUT2D eigenvalue weighted by molar-refractivity contribution is 0.617. The highest BCUT2D eigenvalue weighted by molar-refractivity contribution is 5.80. The monoisotopic (exact) mass is 241 g/mol. The van der Waals surface area contributed by atoms with E-state index in [1.807, 2.05) is 13.0 Å². The smallest absolute Gasteiger partial charge is 0.126 e. The minimum atomic E-state index is -0.174. The van der Waals surface area contributed by atoms with Crippen LogP contribution in [0.2, 0.25) is 0 Å². The fourth-order valence-corrected chi connectivity index (χ4v) is 2.08. The number of aromatic amines is 1. The Morgan fingerprint density at radius 2 is 1.94 bits per heavy atom. The Balaban J connectivity index is 2.22. The second-order valence-electron chi connectivity index (χ2n) is 4.37. The minimum absolute atomic E-state index is 0.174. The number of halogens is 1. The van der Waals surface area contributed by atoms with E-state index in [0.29, 0.717) is 5.56 Å². The summed E-state index contributed by atoms with van der Waals surface area (Å²) in [5.41, 5.74) is 5.29. The van der Waals surface area contributed by atoms with Crippen LogP contribution in [-0.2, 0) is 0 Å². The molecule has 3 nitrogen and oxygen atoms in total. The van der Waals surface area contributed by atoms with Crippen LogP contribution < -0.4 is 0 Å². The van der Waals surface area contributed by atoms with Crippen molar-refractivity contribution in [2.75, 3.05) is 0 Å². The van der Waals surface area contributed by atoms with Crippen LogP contribution in [0.4, 0.5) is 4.39 Å². The lowest BCUT2D eigenvalue weighted by Gasteiger charge is -2.09. The maximum absolute atomic E-state index is 13.4. The molecule has 1 N–H and O–H groups in total. The molecule has 90 valence electrons. The number of aromatic nitrogens is 3. The first-order valence-electron chi connectivity index (χ1n) is 5.72. The molecule has 0 unspecified atom stereocenters. The van der Waals surface area contributed by atoms with Crippen LogP contribution >= 0.6 is 0 Å². The zero-order valence-electron chi connectivity index (χ0n) is 10.2. The third-order valence-electron chi connectivity index (χ3n) is 3.32. The van der Waals surface area contributed by atoms with Gasteiger partial charge in [-0.2, -0.15) is 5.10 Å². The molecule has 0 aliphatic rings. The lowest BCUT2D eigenvalue weighted by Crippen LogP contribution is -1.92. The van der Waals surface area contributed by atoms with Crippen LogP contribution in [-0.4, -0.2) is 15.2 Å². The number of fused-ring (bicyclic) bond motifs is 1. The van der Waals surface area contributed by atoms with Gasteiger partial charge in [0.2, 0.25) is 0 Å². The number of rotatable bonds is 1. The van der Waals surface area contributed by atoms with Crippen molar-refractivity contribution in [2.45, 2.75) is 13.8 Å². The summed E-state index contributed by atoms with van der Waals surface area (Å²) in [4.78, 5) is 4.32. The Morgan fingerprint density at radius 1 is 1.11 bits per heavy atom. The van der Waals surface area contributed by atoms with Gasteiger partial charge >= 0.3 is 0 Å². The number of hydrogen-bond donors (Lipinski definition) is 1. The maximum Gasteiger partial charge on any atom is 0.126 e. The summed E-state index contributed by atoms with van der Waals surface area (Å²) >= 11 is 0. The van der Waals surface area contributed by atoms with Crippen molar-refractivity contribution in [3.05, 3.63) is 47.5 Å². The van der Waals surface area contributed by atoms with Crippen molar-refractivity contribution in [2.24, 2.45) is 0 Å². The van der Waals surface area contributed by atoms with E-state index in [-0.39, 0.29) is 5.82 Å². The highest BCUT2D eigenvalue weighted by Crippen LogP contribution is 2.27. The summed E-state index contributed by atoms with van der Waals surface area (Å²) in [6.07, 6.45) is 3.47. The molecule has 0 fully saturated rings. The highest BCUT2D eigenvalue weighted by Gasteiger charge is 2.09. The van der Waals surface area contributed by atoms with Crippen LogP contribution in [0, 0.1) is 19.7 Å². The van der Waals surface area contributed by atoms with Crippen molar-refractivity contribution < 1.29 is 4.39 Å². The molecule has 18 heavy (non-hydrogen) atoms. The van der Waals surface area contributed by atoms with E-state index >= 15 is 0 Å². The Kier molecular flexibility index (Phi) is 2.37. The van der Waals surface area contributed by atoms with Crippen molar-refractivity contribution in [3.8, 4) is 11.1 Å². The van der Waals surface area contributed by atoms with E-state index in [0.717, 1.165) is 27.7 Å². The van der Waals surface area contributed by atoms with Crippen molar-refractivity contribution in [1.82, 2.24) is 15.2 Å². The first kappa shape index (κ1) is 10.9. The first-order valence-corrected chi connectivity index (χ1v) is 5.72. The molecule has 0 aliphatic heterocycles. The molecular formula is C14H12FN3. The van der Waals surface area contributed by atoms with Crippen molar-refractivity contribution >= 4 is 11.0 Å². The molecule has 0 bridgehead atoms. The van der Waals surface area contributed by atoms with Crippen molar-refractivity contribution in [1.29, 1.82) is 0 Å². The predicted molar refractivity (Wildman–Crippen MR) is 68.8 cm³/mol. The van der Waals surface area contributed by atoms with Crippen LogP contribution in [0.5, 0.6) is 0 Å². The van der Waals surface area contributed by atoms with Gasteiger partial charge in [-0.1, -0.05) is 6.07 Å². The fraction of sp³-hybridized carbons (Fsp3) is 0.143. The molecule has 0 atom stereocenters. The van der Waals surface area contributed by atoms with Gasteiger partial charge in [0.25, 0.3) is 0 Å². The number of hydrogen-bond acceptors (Lipinski definition) is 2. The number of pyridine rings is 1. The van der Waals surface area contributed by atoms with Gasteiger partial charge in [0.05, 0.1) is 11.7 Å². The summed E-state index contributed by atoms with van der Waals surface area (Å²) < 4.78 is 13.4. The summed E-state index contributed by atoms with van der Waals surface area (Å²) in [5.74, 6) is -0.174. The zero-order valence-corrected chi connectivity index (χ0v) is 10.2. The molecule has 3 aromatic rings. The molecular weight excluding hydrogens is 229 g/mol. The lowest BCUT2D eigenvalue weighted by atomic mass is 9.97. The zero-order chi connectivity index (χ0) is 12.7. The molecule has 2 heterocycles. The van der Waals surface area contributed by atoms with Gasteiger partial charge in [-0.3, -0.25) is 10.1 Å². The van der Waals surface area contributed by atoms with Crippen molar-refractivity contribution in [3.63, 3.8) is 0 Å². The Labute approximate surface area is 104 Å². The summed E-state index contributed by atoms with van der Waals surface area (Å²) in [7, 11) is 0. The number of nitrogens with zero attached hydrogens (tertiary/aromatic N) is 2. The van der Waals surface area contributed by atoms with Crippen LogP contribution in [0.3, 0.4) is 0 Å². The molecule has 0 aliphatic carbocycles. The Morgan fingerprint density at radius 3 is 2.78 bits per heavy atom. The maximum atomic E-state index is 13.4. The molecule has 0 saturated heterocycles. The number of H-pyrrole nitrogens is 1. The average Bonchev–Trinajstić information content (AvgIpc) is 2.83. The fourth-order valence-electron chi connectivity index (χ4n) is 2.08. The first-order chi connectivity index (χ1) is 8.66. The van der Waals surface area contributed by atoms with Gasteiger partial charge in [-0.15, -0.1) is 0 Å². The van der Waals surface area contributed by atoms with E-state index in [1.54, 1.807) is 25.4 Å². The van der Waals surface area contributed by atoms with Crippen LogP contribution in [0.15, 0.2) is 30.6 Å². The van der Waals surface area contributed by atoms with Gasteiger partial charge in [0.15, 0.2) is 0 Å². The molecule has 2 aromatic heterocycles. The molecule has 0 amide bonds. The summed E-state index contributed by atoms with van der Waals surface area (Å²) in [5, 5.41) is 6.83. The van der Waals surface area contributed by atoms with Gasteiger partial charge in [0, 0.05) is 11.8 Å². The van der Waals surface area contributed by atoms with Gasteiger partial charge in [0.1, 0.15) is 11.3 Å². The van der Waals surface area contributed by atoms with E-state index in [1.165, 1.54) is 6.07 Å². The topological polar surface area (TPSA) is 41.6 Å². The number of benzene rings is 1. The highest BCUT2D eigenvalue weighted by atomic mass is 19.1. The third-order valence-corrected chi connectivity index (χ3v) is 3.32. The van der Waals surface area contributed by atoms with Gasteiger partial charge in [-0.05, 0) is 42.7 Å². The minimum Gasteiger partial charge on any atom is -0.276 e. The molecule has 3 rings (SSSR count). The summed E-state index contributed by atoms with van der Waals surface area (Å²) in [6, 6.07) is 5.26. The molecule has 1 aromatic carbocycles. The largest absolute Gasteiger partial charge is 0.276 e. The summed E-state index contributed by atoms with van der Waals surface area (Å²) in [6.45, 7) is 3.71. The second-order valence-corrected chi connectivity index (χ2v) is 4.37. The number of nitrogens with one attached hydrogen (secondary N) is 1. The van der Waals surface area contributed by atoms with E-state index in [2.05, 4.69) is 15.2 Å². The second kappa shape index (κ2) is 3.91. The van der Waals surface area contributed by atoms with Crippen LogP contribution in [0.25, 0.3) is 22.2 Å². The molecule has 4 heteroatoms. The Hall–Kier alpha value is -2.23. The van der Waals surface area contributed by atoms with Crippen LogP contribution in [0.1, 0.15) is 11.1 Å². The Bertz CT molecular complexity index is 731. The van der Waals surface area contributed by atoms with Gasteiger partial charge < -0.3 is 0 Å². The van der Waals surface area contributed by atoms with E-state index < -0.39 is 0 Å². The standard InChI is InChI=1S/C14H12FN3/c1-8-9(2)12(15)4-3-11(8)10-5-13-14(16-6-10)7-17-18-13/h3-7H,1-2H3,(H,17,18).